The van der Waals surface area contributed by atoms with Crippen molar-refractivity contribution in [2.24, 2.45) is 11.8 Å². The van der Waals surface area contributed by atoms with Crippen molar-refractivity contribution in [3.8, 4) is 0 Å². The van der Waals surface area contributed by atoms with E-state index in [1.807, 2.05) is 0 Å². The quantitative estimate of drug-likeness (QED) is 0.117. The Morgan fingerprint density at radius 3 is 1.70 bits per heavy atom. The van der Waals surface area contributed by atoms with E-state index in [2.05, 4.69) is 19.1 Å². The van der Waals surface area contributed by atoms with Crippen LogP contribution in [-0.2, 0) is 14.3 Å². The summed E-state index contributed by atoms with van der Waals surface area (Å²) in [6.07, 6.45) is 28.0. The molecule has 1 aliphatic carbocycles. The van der Waals surface area contributed by atoms with E-state index in [1.165, 1.54) is 89.9 Å². The van der Waals surface area contributed by atoms with Gasteiger partial charge < -0.3 is 14.6 Å². The summed E-state index contributed by atoms with van der Waals surface area (Å²) in [5, 5.41) is 11.2. The molecule has 0 radical (unpaired) electrons. The molecule has 0 aromatic carbocycles. The Morgan fingerprint density at radius 1 is 0.727 bits per heavy atom. The third kappa shape index (κ3) is 17.7. The molecule has 0 spiro atoms. The van der Waals surface area contributed by atoms with Gasteiger partial charge in [-0.15, -0.1) is 0 Å². The third-order valence-electron chi connectivity index (χ3n) is 6.77. The van der Waals surface area contributed by atoms with Crippen LogP contribution < -0.4 is 34.7 Å². The molecule has 0 N–H and O–H groups in total. The van der Waals surface area contributed by atoms with Crippen molar-refractivity contribution in [2.45, 2.75) is 135 Å². The van der Waals surface area contributed by atoms with Crippen LogP contribution in [-0.4, -0.2) is 18.5 Å². The van der Waals surface area contributed by atoms with Gasteiger partial charge in [-0.1, -0.05) is 103 Å². The maximum atomic E-state index is 12.2. The van der Waals surface area contributed by atoms with Crippen molar-refractivity contribution in [1.29, 1.82) is 0 Å². The summed E-state index contributed by atoms with van der Waals surface area (Å²) in [6.45, 7) is 2.68. The van der Waals surface area contributed by atoms with Crippen LogP contribution in [0, 0.1) is 11.8 Å². The standard InChI is InChI=1S/C28H50O4.Na/c1-2-3-4-5-6-7-8-9-10-11-12-13-14-15-16-17-18-21-24-32-28(31)26-23-20-19-22-25(26)27(29)30;/h11-12,25-26H,2-10,13-24H2,1H3,(H,29,30);/q;+1/p-1/b12-11+;. The number of hydrogen-bond donors (Lipinski definition) is 0. The van der Waals surface area contributed by atoms with Gasteiger partial charge in [-0.2, -0.15) is 0 Å². The fraction of sp³-hybridized carbons (Fsp3) is 0.857. The third-order valence-corrected chi connectivity index (χ3v) is 6.77. The van der Waals surface area contributed by atoms with Crippen LogP contribution in [0.15, 0.2) is 12.2 Å². The number of rotatable bonds is 20. The molecule has 1 aliphatic rings. The van der Waals surface area contributed by atoms with Crippen molar-refractivity contribution in [1.82, 2.24) is 0 Å². The predicted octanol–water partition coefficient (Wildman–Crippen LogP) is 3.91. The van der Waals surface area contributed by atoms with Gasteiger partial charge in [0.15, 0.2) is 0 Å². The molecule has 0 amide bonds. The Labute approximate surface area is 226 Å². The second-order valence-electron chi connectivity index (χ2n) is 9.63. The van der Waals surface area contributed by atoms with Gasteiger partial charge >= 0.3 is 35.5 Å². The van der Waals surface area contributed by atoms with Crippen LogP contribution >= 0.6 is 0 Å². The Hall–Kier alpha value is -0.320. The number of allylic oxidation sites excluding steroid dienone is 2. The molecule has 2 unspecified atom stereocenters. The largest absolute Gasteiger partial charge is 1.00 e. The molecule has 0 aliphatic heterocycles. The van der Waals surface area contributed by atoms with E-state index in [4.69, 9.17) is 4.74 Å². The molecule has 0 aromatic heterocycles. The fourth-order valence-electron chi connectivity index (χ4n) is 4.68. The summed E-state index contributed by atoms with van der Waals surface area (Å²) < 4.78 is 5.35. The van der Waals surface area contributed by atoms with Crippen LogP contribution in [0.25, 0.3) is 0 Å². The number of hydrogen-bond acceptors (Lipinski definition) is 4. The molecule has 1 rings (SSSR count). The minimum atomic E-state index is -1.10. The van der Waals surface area contributed by atoms with E-state index >= 15 is 0 Å². The first-order chi connectivity index (χ1) is 15.7. The second kappa shape index (κ2) is 23.4. The maximum absolute atomic E-state index is 12.2. The van der Waals surface area contributed by atoms with E-state index in [1.54, 1.807) is 0 Å². The van der Waals surface area contributed by atoms with Gasteiger partial charge in [0.2, 0.25) is 0 Å². The molecule has 186 valence electrons. The number of carbonyl (C=O) groups excluding carboxylic acids is 2. The smallest absolute Gasteiger partial charge is 0.550 e. The number of ether oxygens (including phenoxy) is 1. The predicted molar refractivity (Wildman–Crippen MR) is 130 cm³/mol. The molecular formula is C28H49NaO4. The number of carboxylic acids is 1. The van der Waals surface area contributed by atoms with E-state index in [0.29, 0.717) is 19.4 Å². The number of carbonyl (C=O) groups is 2. The Morgan fingerprint density at radius 2 is 1.18 bits per heavy atom. The monoisotopic (exact) mass is 472 g/mol. The van der Waals surface area contributed by atoms with E-state index in [-0.39, 0.29) is 35.5 Å². The van der Waals surface area contributed by atoms with Gasteiger partial charge in [-0.25, -0.2) is 0 Å². The fourth-order valence-corrected chi connectivity index (χ4v) is 4.68. The number of esters is 1. The Kier molecular flexibility index (Phi) is 23.2. The summed E-state index contributed by atoms with van der Waals surface area (Å²) in [6, 6.07) is 0. The van der Waals surface area contributed by atoms with Gasteiger partial charge in [0.05, 0.1) is 12.5 Å². The Bertz CT molecular complexity index is 506. The van der Waals surface area contributed by atoms with Crippen LogP contribution in [0.3, 0.4) is 0 Å². The summed E-state index contributed by atoms with van der Waals surface area (Å²) in [7, 11) is 0. The van der Waals surface area contributed by atoms with E-state index in [9.17, 15) is 14.7 Å². The first kappa shape index (κ1) is 32.7. The van der Waals surface area contributed by atoms with Crippen molar-refractivity contribution in [3.05, 3.63) is 12.2 Å². The second-order valence-corrected chi connectivity index (χ2v) is 9.63. The van der Waals surface area contributed by atoms with Crippen LogP contribution in [0.4, 0.5) is 0 Å². The van der Waals surface area contributed by atoms with Gasteiger partial charge in [0, 0.05) is 11.9 Å². The average molecular weight is 473 g/mol. The molecule has 33 heavy (non-hydrogen) atoms. The molecule has 1 saturated carbocycles. The minimum absolute atomic E-state index is 0. The van der Waals surface area contributed by atoms with Crippen molar-refractivity contribution in [3.63, 3.8) is 0 Å². The average Bonchev–Trinajstić information content (AvgIpc) is 2.80. The molecule has 1 fully saturated rings. The van der Waals surface area contributed by atoms with Crippen LogP contribution in [0.2, 0.25) is 0 Å². The number of unbranched alkanes of at least 4 members (excludes halogenated alkanes) is 14. The first-order valence-corrected chi connectivity index (χ1v) is 13.7. The first-order valence-electron chi connectivity index (χ1n) is 13.7. The van der Waals surface area contributed by atoms with E-state index in [0.717, 1.165) is 25.7 Å². The Balaban J connectivity index is 0.0000102. The normalized spacial score (nSPS) is 18.2. The zero-order valence-corrected chi connectivity index (χ0v) is 23.8. The molecule has 0 saturated heterocycles. The zero-order valence-electron chi connectivity index (χ0n) is 21.8. The number of carboxylic acid groups (broad SMARTS) is 1. The summed E-state index contributed by atoms with van der Waals surface area (Å²) in [5.41, 5.74) is 0. The van der Waals surface area contributed by atoms with Crippen molar-refractivity contribution in [2.75, 3.05) is 6.61 Å². The molecule has 0 bridgehead atoms. The maximum Gasteiger partial charge on any atom is 1.00 e. The van der Waals surface area contributed by atoms with E-state index < -0.39 is 17.8 Å². The summed E-state index contributed by atoms with van der Waals surface area (Å²) >= 11 is 0. The molecular weight excluding hydrogens is 423 g/mol. The topological polar surface area (TPSA) is 66.4 Å². The summed E-state index contributed by atoms with van der Waals surface area (Å²) in [4.78, 5) is 23.4. The molecule has 5 heteroatoms. The number of aliphatic carboxylic acids is 1. The van der Waals surface area contributed by atoms with Crippen molar-refractivity contribution >= 4 is 11.9 Å². The van der Waals surface area contributed by atoms with Gasteiger partial charge in [0.25, 0.3) is 0 Å². The minimum Gasteiger partial charge on any atom is -0.550 e. The molecule has 0 aromatic rings. The molecule has 4 nitrogen and oxygen atoms in total. The SMILES string of the molecule is CCCCCCCCCC/C=C/CCCCCCCCOC(=O)C1CCCCC1C(=O)[O-].[Na+]. The van der Waals surface area contributed by atoms with Gasteiger partial charge in [-0.3, -0.25) is 4.79 Å². The summed E-state index contributed by atoms with van der Waals surface area (Å²) in [5.74, 6) is -2.60. The zero-order chi connectivity index (χ0) is 23.3. The van der Waals surface area contributed by atoms with Crippen LogP contribution in [0.1, 0.15) is 135 Å². The molecule has 0 heterocycles. The van der Waals surface area contributed by atoms with Gasteiger partial charge in [0.1, 0.15) is 0 Å². The van der Waals surface area contributed by atoms with Crippen molar-refractivity contribution < 1.29 is 49.0 Å². The molecule has 2 atom stereocenters. The van der Waals surface area contributed by atoms with Crippen LogP contribution in [0.5, 0.6) is 0 Å². The van der Waals surface area contributed by atoms with Gasteiger partial charge in [-0.05, 0) is 44.9 Å².